The minimum atomic E-state index is 0.00748. The van der Waals surface area contributed by atoms with Gasteiger partial charge in [0.25, 0.3) is 0 Å². The van der Waals surface area contributed by atoms with Crippen molar-refractivity contribution in [2.24, 2.45) is 23.2 Å². The van der Waals surface area contributed by atoms with Crippen molar-refractivity contribution in [3.8, 4) is 0 Å². The number of ether oxygens (including phenoxy) is 1. The maximum absolute atomic E-state index is 11.3. The molecular formula is C10H16O2. The molecule has 0 amide bonds. The Hall–Kier alpha value is -0.530. The molecular weight excluding hydrogens is 152 g/mol. The lowest BCUT2D eigenvalue weighted by atomic mass is 9.60. The molecule has 0 aliphatic heterocycles. The van der Waals surface area contributed by atoms with E-state index in [1.54, 1.807) is 0 Å². The third kappa shape index (κ3) is 0.782. The molecule has 0 heterocycles. The minimum absolute atomic E-state index is 0.00748. The van der Waals surface area contributed by atoms with E-state index in [2.05, 4.69) is 13.8 Å². The Morgan fingerprint density at radius 3 is 2.42 bits per heavy atom. The number of hydrogen-bond donors (Lipinski definition) is 0. The van der Waals surface area contributed by atoms with Gasteiger partial charge < -0.3 is 4.74 Å². The van der Waals surface area contributed by atoms with Gasteiger partial charge in [0.15, 0.2) is 0 Å². The summed E-state index contributed by atoms with van der Waals surface area (Å²) in [5.41, 5.74) is 0.402. The van der Waals surface area contributed by atoms with Gasteiger partial charge in [-0.1, -0.05) is 13.8 Å². The molecule has 2 heteroatoms. The average Bonchev–Trinajstić information content (AvgIpc) is 2.58. The fourth-order valence-electron chi connectivity index (χ4n) is 3.02. The highest BCUT2D eigenvalue weighted by atomic mass is 16.5. The molecule has 2 bridgehead atoms. The molecule has 0 aromatic rings. The van der Waals surface area contributed by atoms with E-state index in [0.29, 0.717) is 11.3 Å². The summed E-state index contributed by atoms with van der Waals surface area (Å²) in [4.78, 5) is 11.3. The van der Waals surface area contributed by atoms with Crippen LogP contribution in [-0.2, 0) is 9.53 Å². The van der Waals surface area contributed by atoms with Gasteiger partial charge in [0.1, 0.15) is 0 Å². The lowest BCUT2D eigenvalue weighted by molar-refractivity contribution is -0.147. The van der Waals surface area contributed by atoms with Gasteiger partial charge in [0, 0.05) is 0 Å². The smallest absolute Gasteiger partial charge is 0.308 e. The summed E-state index contributed by atoms with van der Waals surface area (Å²) in [6.45, 7) is 4.55. The number of esters is 1. The fraction of sp³-hybridized carbons (Fsp3) is 0.900. The summed E-state index contributed by atoms with van der Waals surface area (Å²) in [5.74, 6) is 1.57. The van der Waals surface area contributed by atoms with Crippen LogP contribution in [0.2, 0.25) is 0 Å². The van der Waals surface area contributed by atoms with Crippen LogP contribution in [0.25, 0.3) is 0 Å². The Bertz CT molecular complexity index is 220. The molecule has 0 N–H and O–H groups in total. The number of methoxy groups -OCH3 is 1. The van der Waals surface area contributed by atoms with Crippen molar-refractivity contribution in [1.29, 1.82) is 0 Å². The molecule has 12 heavy (non-hydrogen) atoms. The van der Waals surface area contributed by atoms with Gasteiger partial charge >= 0.3 is 5.97 Å². The zero-order chi connectivity index (χ0) is 8.93. The monoisotopic (exact) mass is 168 g/mol. The van der Waals surface area contributed by atoms with Crippen molar-refractivity contribution in [2.45, 2.75) is 26.7 Å². The van der Waals surface area contributed by atoms with Crippen LogP contribution in [0.3, 0.4) is 0 Å². The maximum atomic E-state index is 11.3. The summed E-state index contributed by atoms with van der Waals surface area (Å²) < 4.78 is 4.79. The lowest BCUT2D eigenvalue weighted by Gasteiger charge is -2.44. The van der Waals surface area contributed by atoms with Crippen LogP contribution in [0.5, 0.6) is 0 Å². The second kappa shape index (κ2) is 2.24. The predicted molar refractivity (Wildman–Crippen MR) is 45.5 cm³/mol. The van der Waals surface area contributed by atoms with Crippen molar-refractivity contribution in [3.63, 3.8) is 0 Å². The molecule has 2 nitrogen and oxygen atoms in total. The molecule has 68 valence electrons. The van der Waals surface area contributed by atoms with Gasteiger partial charge in [-0.2, -0.15) is 0 Å². The first-order chi connectivity index (χ1) is 5.57. The number of fused-ring (bicyclic) bond motifs is 1. The van der Waals surface area contributed by atoms with Crippen LogP contribution in [0.1, 0.15) is 26.7 Å². The zero-order valence-electron chi connectivity index (χ0n) is 7.96. The molecule has 3 fully saturated rings. The van der Waals surface area contributed by atoms with Crippen molar-refractivity contribution in [2.75, 3.05) is 7.11 Å². The van der Waals surface area contributed by atoms with Crippen LogP contribution in [-0.4, -0.2) is 13.1 Å². The second-order valence-corrected chi connectivity index (χ2v) is 4.73. The van der Waals surface area contributed by atoms with Gasteiger partial charge in [-0.05, 0) is 30.1 Å². The molecule has 0 saturated heterocycles. The Kier molecular flexibility index (Phi) is 1.51. The van der Waals surface area contributed by atoms with Crippen LogP contribution in [0.4, 0.5) is 0 Å². The number of carbonyl (C=O) groups excluding carboxylic acids is 1. The molecule has 3 aliphatic carbocycles. The van der Waals surface area contributed by atoms with Gasteiger partial charge in [0.05, 0.1) is 13.0 Å². The quantitative estimate of drug-likeness (QED) is 0.558. The summed E-state index contributed by atoms with van der Waals surface area (Å²) in [7, 11) is 1.49. The topological polar surface area (TPSA) is 26.3 Å². The molecule has 0 unspecified atom stereocenters. The highest BCUT2D eigenvalue weighted by Crippen LogP contribution is 2.64. The molecule has 3 rings (SSSR count). The maximum Gasteiger partial charge on any atom is 0.308 e. The van der Waals surface area contributed by atoms with E-state index >= 15 is 0 Å². The molecule has 0 spiro atoms. The van der Waals surface area contributed by atoms with Crippen LogP contribution in [0, 0.1) is 23.2 Å². The first-order valence-corrected chi connectivity index (χ1v) is 4.65. The third-order valence-corrected chi connectivity index (χ3v) is 4.07. The van der Waals surface area contributed by atoms with Crippen molar-refractivity contribution in [1.82, 2.24) is 0 Å². The van der Waals surface area contributed by atoms with Crippen LogP contribution < -0.4 is 0 Å². The van der Waals surface area contributed by atoms with Gasteiger partial charge in [-0.25, -0.2) is 0 Å². The molecule has 3 atom stereocenters. The average molecular weight is 168 g/mol. The normalized spacial score (nSPS) is 42.1. The van der Waals surface area contributed by atoms with Gasteiger partial charge in [-0.3, -0.25) is 4.79 Å². The van der Waals surface area contributed by atoms with Crippen LogP contribution >= 0.6 is 0 Å². The third-order valence-electron chi connectivity index (χ3n) is 4.07. The summed E-state index contributed by atoms with van der Waals surface area (Å²) in [6, 6.07) is 0. The lowest BCUT2D eigenvalue weighted by Crippen LogP contribution is -2.39. The van der Waals surface area contributed by atoms with Crippen molar-refractivity contribution >= 4 is 5.97 Å². The first kappa shape index (κ1) is 8.09. The summed E-state index contributed by atoms with van der Waals surface area (Å²) in [6.07, 6.45) is 2.30. The van der Waals surface area contributed by atoms with Gasteiger partial charge in [0.2, 0.25) is 0 Å². The first-order valence-electron chi connectivity index (χ1n) is 4.65. The molecule has 0 aromatic heterocycles. The van der Waals surface area contributed by atoms with E-state index in [9.17, 15) is 4.79 Å². The summed E-state index contributed by atoms with van der Waals surface area (Å²) >= 11 is 0. The standard InChI is InChI=1S/C10H16O2/c1-10(2)6-4-7(8(10)5-6)9(11)12-3/h6-8H,4-5H2,1-3H3/t6-,7+,8+/m0/s1. The highest BCUT2D eigenvalue weighted by molar-refractivity contribution is 5.74. The van der Waals surface area contributed by atoms with E-state index < -0.39 is 0 Å². The molecule has 0 aromatic carbocycles. The second-order valence-electron chi connectivity index (χ2n) is 4.73. The van der Waals surface area contributed by atoms with E-state index in [1.807, 2.05) is 0 Å². The number of carbonyl (C=O) groups is 1. The van der Waals surface area contributed by atoms with E-state index in [1.165, 1.54) is 13.5 Å². The fourth-order valence-corrected chi connectivity index (χ4v) is 3.02. The Morgan fingerprint density at radius 2 is 2.08 bits per heavy atom. The minimum Gasteiger partial charge on any atom is -0.469 e. The SMILES string of the molecule is COC(=O)[C@@H]1C[C@H]2C[C@H]1C2(C)C. The van der Waals surface area contributed by atoms with Crippen molar-refractivity contribution < 1.29 is 9.53 Å². The van der Waals surface area contributed by atoms with E-state index in [0.717, 1.165) is 12.3 Å². The van der Waals surface area contributed by atoms with E-state index in [4.69, 9.17) is 4.74 Å². The zero-order valence-corrected chi connectivity index (χ0v) is 7.96. The molecule has 0 radical (unpaired) electrons. The Labute approximate surface area is 73.3 Å². The van der Waals surface area contributed by atoms with Crippen molar-refractivity contribution in [3.05, 3.63) is 0 Å². The van der Waals surface area contributed by atoms with Gasteiger partial charge in [-0.15, -0.1) is 0 Å². The number of hydrogen-bond acceptors (Lipinski definition) is 2. The Balaban J connectivity index is 2.11. The largest absolute Gasteiger partial charge is 0.469 e. The van der Waals surface area contributed by atoms with E-state index in [-0.39, 0.29) is 11.9 Å². The predicted octanol–water partition coefficient (Wildman–Crippen LogP) is 1.84. The molecule has 3 aliphatic rings. The molecule has 3 saturated carbocycles. The highest BCUT2D eigenvalue weighted by Gasteiger charge is 2.60. The number of rotatable bonds is 1. The van der Waals surface area contributed by atoms with Crippen LogP contribution in [0.15, 0.2) is 0 Å². The summed E-state index contributed by atoms with van der Waals surface area (Å²) in [5, 5.41) is 0. The Morgan fingerprint density at radius 1 is 1.42 bits per heavy atom.